The van der Waals surface area contributed by atoms with Gasteiger partial charge in [-0.3, -0.25) is 0 Å². The number of nitrogens with two attached hydrogens (primary N) is 1. The molecule has 1 heterocycles. The molecule has 0 saturated heterocycles. The van der Waals surface area contributed by atoms with E-state index in [-0.39, 0.29) is 6.04 Å². The van der Waals surface area contributed by atoms with Crippen LogP contribution in [0.2, 0.25) is 0 Å². The van der Waals surface area contributed by atoms with Crippen LogP contribution >= 0.6 is 0 Å². The van der Waals surface area contributed by atoms with Crippen molar-refractivity contribution < 1.29 is 0 Å². The summed E-state index contributed by atoms with van der Waals surface area (Å²) >= 11 is 0. The van der Waals surface area contributed by atoms with Gasteiger partial charge in [-0.2, -0.15) is 0 Å². The minimum Gasteiger partial charge on any atom is -0.357 e. The van der Waals surface area contributed by atoms with Crippen LogP contribution in [0.3, 0.4) is 0 Å². The lowest BCUT2D eigenvalue weighted by atomic mass is 10.1. The third kappa shape index (κ3) is 2.45. The molecule has 0 aromatic carbocycles. The van der Waals surface area contributed by atoms with Crippen molar-refractivity contribution in [2.45, 2.75) is 26.8 Å². The Morgan fingerprint density at radius 1 is 1.36 bits per heavy atom. The Hall–Kier alpha value is -1.09. The highest BCUT2D eigenvalue weighted by molar-refractivity contribution is 5.39. The first kappa shape index (κ1) is 11.0. The van der Waals surface area contributed by atoms with Crippen LogP contribution in [-0.4, -0.2) is 18.1 Å². The van der Waals surface area contributed by atoms with Gasteiger partial charge in [0.25, 0.3) is 0 Å². The number of pyridine rings is 1. The Balaban J connectivity index is 2.81. The lowest BCUT2D eigenvalue weighted by Crippen LogP contribution is -2.23. The highest BCUT2D eigenvalue weighted by Gasteiger charge is 2.04. The molecular weight excluding hydrogens is 174 g/mol. The Kier molecular flexibility index (Phi) is 3.89. The third-order valence-electron chi connectivity index (χ3n) is 2.38. The van der Waals surface area contributed by atoms with Crippen LogP contribution in [0.25, 0.3) is 0 Å². The van der Waals surface area contributed by atoms with Crippen molar-refractivity contribution in [3.8, 4) is 0 Å². The third-order valence-corrected chi connectivity index (χ3v) is 2.38. The smallest absolute Gasteiger partial charge is 0.128 e. The fraction of sp³-hybridized carbons (Fsp3) is 0.545. The van der Waals surface area contributed by atoms with Gasteiger partial charge in [-0.25, -0.2) is 4.98 Å². The summed E-state index contributed by atoms with van der Waals surface area (Å²) in [4.78, 5) is 6.60. The van der Waals surface area contributed by atoms with E-state index < -0.39 is 0 Å². The topological polar surface area (TPSA) is 42.1 Å². The zero-order chi connectivity index (χ0) is 10.6. The molecule has 14 heavy (non-hydrogen) atoms. The van der Waals surface area contributed by atoms with E-state index in [1.807, 2.05) is 25.3 Å². The molecule has 1 aromatic heterocycles. The summed E-state index contributed by atoms with van der Waals surface area (Å²) in [5.41, 5.74) is 6.84. The van der Waals surface area contributed by atoms with Gasteiger partial charge in [0.2, 0.25) is 0 Å². The van der Waals surface area contributed by atoms with Gasteiger partial charge in [0.15, 0.2) is 0 Å². The van der Waals surface area contributed by atoms with Crippen LogP contribution in [-0.2, 0) is 0 Å². The van der Waals surface area contributed by atoms with Crippen molar-refractivity contribution in [2.75, 3.05) is 18.0 Å². The molecule has 0 aliphatic carbocycles. The molecule has 1 atom stereocenters. The number of aromatic nitrogens is 1. The molecule has 0 spiro atoms. The van der Waals surface area contributed by atoms with Crippen molar-refractivity contribution in [2.24, 2.45) is 5.73 Å². The Labute approximate surface area is 85.9 Å². The number of hydrogen-bond acceptors (Lipinski definition) is 3. The van der Waals surface area contributed by atoms with Crippen LogP contribution < -0.4 is 10.6 Å². The van der Waals surface area contributed by atoms with E-state index in [2.05, 4.69) is 23.7 Å². The molecule has 0 saturated carbocycles. The number of rotatable bonds is 4. The summed E-state index contributed by atoms with van der Waals surface area (Å²) in [5, 5.41) is 0. The maximum absolute atomic E-state index is 5.75. The molecule has 0 radical (unpaired) electrons. The fourth-order valence-corrected chi connectivity index (χ4v) is 1.40. The summed E-state index contributed by atoms with van der Waals surface area (Å²) in [6.07, 6.45) is 1.86. The zero-order valence-corrected chi connectivity index (χ0v) is 9.20. The number of hydrogen-bond donors (Lipinski definition) is 1. The van der Waals surface area contributed by atoms with Crippen molar-refractivity contribution in [1.29, 1.82) is 0 Å². The molecule has 0 amide bonds. The molecule has 0 unspecified atom stereocenters. The van der Waals surface area contributed by atoms with Crippen LogP contribution in [0.1, 0.15) is 32.4 Å². The van der Waals surface area contributed by atoms with E-state index in [1.165, 1.54) is 0 Å². The predicted molar refractivity (Wildman–Crippen MR) is 60.4 cm³/mol. The van der Waals surface area contributed by atoms with Gasteiger partial charge in [-0.1, -0.05) is 6.07 Å². The molecule has 3 heteroatoms. The van der Waals surface area contributed by atoms with Gasteiger partial charge in [0, 0.05) is 25.3 Å². The van der Waals surface area contributed by atoms with E-state index in [0.29, 0.717) is 0 Å². The van der Waals surface area contributed by atoms with Gasteiger partial charge in [-0.05, 0) is 32.4 Å². The summed E-state index contributed by atoms with van der Waals surface area (Å²) in [6.45, 7) is 8.20. The minimum atomic E-state index is 0.0632. The van der Waals surface area contributed by atoms with Crippen molar-refractivity contribution in [1.82, 2.24) is 4.98 Å². The van der Waals surface area contributed by atoms with E-state index in [1.54, 1.807) is 0 Å². The SMILES string of the molecule is CCN(CC)c1ccc([C@@H](C)N)cn1. The van der Waals surface area contributed by atoms with Crippen LogP contribution in [0, 0.1) is 0 Å². The fourth-order valence-electron chi connectivity index (χ4n) is 1.40. The van der Waals surface area contributed by atoms with E-state index in [4.69, 9.17) is 5.73 Å². The molecule has 3 nitrogen and oxygen atoms in total. The summed E-state index contributed by atoms with van der Waals surface area (Å²) in [7, 11) is 0. The van der Waals surface area contributed by atoms with E-state index in [0.717, 1.165) is 24.5 Å². The lowest BCUT2D eigenvalue weighted by Gasteiger charge is -2.19. The van der Waals surface area contributed by atoms with Gasteiger partial charge in [0.1, 0.15) is 5.82 Å². The zero-order valence-electron chi connectivity index (χ0n) is 9.20. The normalized spacial score (nSPS) is 12.6. The average Bonchev–Trinajstić information content (AvgIpc) is 2.20. The average molecular weight is 193 g/mol. The Morgan fingerprint density at radius 2 is 2.00 bits per heavy atom. The predicted octanol–water partition coefficient (Wildman–Crippen LogP) is 1.95. The van der Waals surface area contributed by atoms with Crippen molar-refractivity contribution in [3.05, 3.63) is 23.9 Å². The highest BCUT2D eigenvalue weighted by Crippen LogP contribution is 2.13. The van der Waals surface area contributed by atoms with Crippen LogP contribution in [0.4, 0.5) is 5.82 Å². The Bertz CT molecular complexity index is 262. The molecule has 0 aliphatic heterocycles. The van der Waals surface area contributed by atoms with Crippen molar-refractivity contribution in [3.63, 3.8) is 0 Å². The second kappa shape index (κ2) is 4.96. The second-order valence-electron chi connectivity index (χ2n) is 3.41. The van der Waals surface area contributed by atoms with Crippen molar-refractivity contribution >= 4 is 5.82 Å². The van der Waals surface area contributed by atoms with Gasteiger partial charge in [0.05, 0.1) is 0 Å². The summed E-state index contributed by atoms with van der Waals surface area (Å²) in [5.74, 6) is 1.03. The number of anilines is 1. The van der Waals surface area contributed by atoms with Gasteiger partial charge < -0.3 is 10.6 Å². The monoisotopic (exact) mass is 193 g/mol. The second-order valence-corrected chi connectivity index (χ2v) is 3.41. The summed E-state index contributed by atoms with van der Waals surface area (Å²) in [6, 6.07) is 4.14. The van der Waals surface area contributed by atoms with E-state index in [9.17, 15) is 0 Å². The quantitative estimate of drug-likeness (QED) is 0.794. The maximum Gasteiger partial charge on any atom is 0.128 e. The Morgan fingerprint density at radius 3 is 2.36 bits per heavy atom. The molecule has 0 fully saturated rings. The molecule has 2 N–H and O–H groups in total. The molecule has 0 bridgehead atoms. The van der Waals surface area contributed by atoms with Crippen LogP contribution in [0.15, 0.2) is 18.3 Å². The first-order valence-corrected chi connectivity index (χ1v) is 5.15. The first-order chi connectivity index (χ1) is 6.69. The van der Waals surface area contributed by atoms with E-state index >= 15 is 0 Å². The van der Waals surface area contributed by atoms with Gasteiger partial charge in [-0.15, -0.1) is 0 Å². The molecule has 0 aliphatic rings. The maximum atomic E-state index is 5.75. The van der Waals surface area contributed by atoms with Crippen LogP contribution in [0.5, 0.6) is 0 Å². The lowest BCUT2D eigenvalue weighted by molar-refractivity contribution is 0.802. The molecule has 78 valence electrons. The molecule has 1 aromatic rings. The first-order valence-electron chi connectivity index (χ1n) is 5.15. The number of nitrogens with zero attached hydrogens (tertiary/aromatic N) is 2. The largest absolute Gasteiger partial charge is 0.357 e. The molecule has 1 rings (SSSR count). The van der Waals surface area contributed by atoms with Gasteiger partial charge >= 0.3 is 0 Å². The minimum absolute atomic E-state index is 0.0632. The standard InChI is InChI=1S/C11H19N3/c1-4-14(5-2)11-7-6-10(8-13-11)9(3)12/h6-9H,4-5,12H2,1-3H3/t9-/m1/s1. The molecular formula is C11H19N3. The summed E-state index contributed by atoms with van der Waals surface area (Å²) < 4.78 is 0. The highest BCUT2D eigenvalue weighted by atomic mass is 15.2.